The molecule has 0 fully saturated rings. The van der Waals surface area contributed by atoms with E-state index in [1.54, 1.807) is 29.1 Å². The summed E-state index contributed by atoms with van der Waals surface area (Å²) in [6, 6.07) is 6.56. The van der Waals surface area contributed by atoms with E-state index in [0.29, 0.717) is 11.4 Å². The molecule has 4 nitrogen and oxygen atoms in total. The highest BCUT2D eigenvalue weighted by atomic mass is 32.1. The molecular formula is C10H8N2O2S. The molecule has 0 radical (unpaired) electrons. The lowest BCUT2D eigenvalue weighted by Gasteiger charge is -2.04. The summed E-state index contributed by atoms with van der Waals surface area (Å²) in [5.74, 6) is -0.279. The topological polar surface area (TPSA) is 62.2 Å². The fraction of sp³-hybridized carbons (Fsp3) is 0. The van der Waals surface area contributed by atoms with E-state index in [-0.39, 0.29) is 11.7 Å². The van der Waals surface area contributed by atoms with Crippen LogP contribution in [0.4, 0.5) is 5.69 Å². The summed E-state index contributed by atoms with van der Waals surface area (Å²) in [6.07, 6.45) is 0. The second-order valence-electron chi connectivity index (χ2n) is 2.84. The van der Waals surface area contributed by atoms with E-state index in [1.807, 2.05) is 0 Å². The number of rotatable bonds is 2. The van der Waals surface area contributed by atoms with Gasteiger partial charge in [-0.1, -0.05) is 12.1 Å². The van der Waals surface area contributed by atoms with E-state index in [2.05, 4.69) is 10.3 Å². The summed E-state index contributed by atoms with van der Waals surface area (Å²) < 4.78 is 0. The van der Waals surface area contributed by atoms with Crippen molar-refractivity contribution < 1.29 is 9.90 Å². The van der Waals surface area contributed by atoms with E-state index < -0.39 is 0 Å². The average Bonchev–Trinajstić information content (AvgIpc) is 2.74. The Bertz CT molecular complexity index is 468. The van der Waals surface area contributed by atoms with Crippen LogP contribution >= 0.6 is 11.3 Å². The molecule has 0 spiro atoms. The van der Waals surface area contributed by atoms with Gasteiger partial charge in [0, 0.05) is 5.38 Å². The molecule has 1 aromatic carbocycles. The van der Waals surface area contributed by atoms with Gasteiger partial charge in [-0.15, -0.1) is 11.3 Å². The molecule has 1 aromatic heterocycles. The number of carbonyl (C=O) groups excluding carboxylic acids is 1. The highest BCUT2D eigenvalue weighted by Gasteiger charge is 2.09. The molecule has 0 atom stereocenters. The molecule has 2 rings (SSSR count). The summed E-state index contributed by atoms with van der Waals surface area (Å²) in [6.45, 7) is 0. The van der Waals surface area contributed by atoms with Gasteiger partial charge in [0.15, 0.2) is 0 Å². The van der Waals surface area contributed by atoms with Crippen molar-refractivity contribution in [3.63, 3.8) is 0 Å². The maximum absolute atomic E-state index is 11.5. The molecule has 0 unspecified atom stereocenters. The van der Waals surface area contributed by atoms with Crippen LogP contribution in [0.15, 0.2) is 35.2 Å². The third kappa shape index (κ3) is 2.13. The number of phenolic OH excluding ortho intramolecular Hbond substituents is 1. The van der Waals surface area contributed by atoms with Crippen molar-refractivity contribution in [1.29, 1.82) is 0 Å². The molecule has 15 heavy (non-hydrogen) atoms. The van der Waals surface area contributed by atoms with Crippen LogP contribution in [0.1, 0.15) is 10.5 Å². The fourth-order valence-electron chi connectivity index (χ4n) is 1.09. The summed E-state index contributed by atoms with van der Waals surface area (Å²) in [5, 5.41) is 13.6. The zero-order chi connectivity index (χ0) is 10.7. The number of aromatic nitrogens is 1. The molecule has 0 saturated carbocycles. The van der Waals surface area contributed by atoms with Crippen LogP contribution in [-0.2, 0) is 0 Å². The van der Waals surface area contributed by atoms with Crippen LogP contribution in [0.25, 0.3) is 0 Å². The minimum atomic E-state index is -0.322. The number of nitrogens with one attached hydrogen (secondary N) is 1. The van der Waals surface area contributed by atoms with Gasteiger partial charge in [0.05, 0.1) is 11.2 Å². The Balaban J connectivity index is 2.17. The summed E-state index contributed by atoms with van der Waals surface area (Å²) in [7, 11) is 0. The molecule has 0 aliphatic heterocycles. The normalized spacial score (nSPS) is 9.87. The lowest BCUT2D eigenvalue weighted by atomic mass is 10.3. The number of anilines is 1. The largest absolute Gasteiger partial charge is 0.506 e. The zero-order valence-corrected chi connectivity index (χ0v) is 8.49. The summed E-state index contributed by atoms with van der Waals surface area (Å²) in [5.41, 5.74) is 2.32. The fourth-order valence-corrected chi connectivity index (χ4v) is 1.62. The zero-order valence-electron chi connectivity index (χ0n) is 7.68. The third-order valence-corrected chi connectivity index (χ3v) is 2.40. The van der Waals surface area contributed by atoms with E-state index >= 15 is 0 Å². The molecule has 1 amide bonds. The number of phenols is 1. The first-order chi connectivity index (χ1) is 7.27. The van der Waals surface area contributed by atoms with E-state index in [4.69, 9.17) is 0 Å². The Morgan fingerprint density at radius 1 is 1.40 bits per heavy atom. The second-order valence-corrected chi connectivity index (χ2v) is 3.56. The Morgan fingerprint density at radius 2 is 2.20 bits per heavy atom. The van der Waals surface area contributed by atoms with Gasteiger partial charge in [0.1, 0.15) is 11.4 Å². The number of benzene rings is 1. The first kappa shape index (κ1) is 9.67. The summed E-state index contributed by atoms with van der Waals surface area (Å²) in [4.78, 5) is 15.4. The Labute approximate surface area is 90.2 Å². The van der Waals surface area contributed by atoms with Gasteiger partial charge in [0.2, 0.25) is 0 Å². The van der Waals surface area contributed by atoms with Gasteiger partial charge in [-0.2, -0.15) is 0 Å². The van der Waals surface area contributed by atoms with Crippen LogP contribution in [0, 0.1) is 0 Å². The lowest BCUT2D eigenvalue weighted by molar-refractivity contribution is 0.102. The number of thiazole rings is 1. The maximum atomic E-state index is 11.5. The minimum Gasteiger partial charge on any atom is -0.506 e. The van der Waals surface area contributed by atoms with Crippen molar-refractivity contribution in [3.05, 3.63) is 40.8 Å². The molecule has 5 heteroatoms. The number of para-hydroxylation sites is 2. The molecule has 1 heterocycles. The average molecular weight is 220 g/mol. The number of hydrogen-bond acceptors (Lipinski definition) is 4. The predicted octanol–water partition coefficient (Wildman–Crippen LogP) is 2.10. The van der Waals surface area contributed by atoms with Crippen molar-refractivity contribution in [2.75, 3.05) is 5.32 Å². The predicted molar refractivity (Wildman–Crippen MR) is 58.2 cm³/mol. The molecule has 0 saturated heterocycles. The van der Waals surface area contributed by atoms with E-state index in [0.717, 1.165) is 0 Å². The number of nitrogens with zero attached hydrogens (tertiary/aromatic N) is 1. The monoisotopic (exact) mass is 220 g/mol. The van der Waals surface area contributed by atoms with Gasteiger partial charge in [-0.3, -0.25) is 4.79 Å². The standard InChI is InChI=1S/C10H8N2O2S/c13-9-4-2-1-3-7(9)12-10(14)8-5-15-6-11-8/h1-6,13H,(H,12,14). The quantitative estimate of drug-likeness (QED) is 0.762. The van der Waals surface area contributed by atoms with Gasteiger partial charge in [-0.05, 0) is 12.1 Å². The Morgan fingerprint density at radius 3 is 2.87 bits per heavy atom. The number of carbonyl (C=O) groups is 1. The van der Waals surface area contributed by atoms with Crippen LogP contribution in [0.3, 0.4) is 0 Å². The molecule has 0 aliphatic carbocycles. The first-order valence-corrected chi connectivity index (χ1v) is 5.19. The van der Waals surface area contributed by atoms with Crippen LogP contribution in [-0.4, -0.2) is 16.0 Å². The van der Waals surface area contributed by atoms with Gasteiger partial charge < -0.3 is 10.4 Å². The van der Waals surface area contributed by atoms with Crippen molar-refractivity contribution in [1.82, 2.24) is 4.98 Å². The van der Waals surface area contributed by atoms with Crippen molar-refractivity contribution in [2.45, 2.75) is 0 Å². The van der Waals surface area contributed by atoms with Crippen molar-refractivity contribution in [3.8, 4) is 5.75 Å². The number of amides is 1. The first-order valence-electron chi connectivity index (χ1n) is 4.25. The van der Waals surface area contributed by atoms with Gasteiger partial charge >= 0.3 is 0 Å². The summed E-state index contributed by atoms with van der Waals surface area (Å²) >= 11 is 1.35. The van der Waals surface area contributed by atoms with Gasteiger partial charge in [-0.25, -0.2) is 4.98 Å². The molecule has 2 N–H and O–H groups in total. The van der Waals surface area contributed by atoms with E-state index in [9.17, 15) is 9.90 Å². The maximum Gasteiger partial charge on any atom is 0.275 e. The number of hydrogen-bond donors (Lipinski definition) is 2. The highest BCUT2D eigenvalue weighted by molar-refractivity contribution is 7.07. The Kier molecular flexibility index (Phi) is 2.64. The lowest BCUT2D eigenvalue weighted by Crippen LogP contribution is -2.12. The van der Waals surface area contributed by atoms with Crippen molar-refractivity contribution >= 4 is 22.9 Å². The molecule has 76 valence electrons. The van der Waals surface area contributed by atoms with Crippen LogP contribution in [0.5, 0.6) is 5.75 Å². The smallest absolute Gasteiger partial charge is 0.275 e. The minimum absolute atomic E-state index is 0.0427. The number of aromatic hydroxyl groups is 1. The molecule has 0 aliphatic rings. The van der Waals surface area contributed by atoms with Crippen molar-refractivity contribution in [2.24, 2.45) is 0 Å². The van der Waals surface area contributed by atoms with Gasteiger partial charge in [0.25, 0.3) is 5.91 Å². The molecule has 2 aromatic rings. The van der Waals surface area contributed by atoms with E-state index in [1.165, 1.54) is 17.4 Å². The Hall–Kier alpha value is -1.88. The SMILES string of the molecule is O=C(Nc1ccccc1O)c1cscn1. The van der Waals surface area contributed by atoms with Crippen LogP contribution < -0.4 is 5.32 Å². The third-order valence-electron chi connectivity index (χ3n) is 1.82. The second kappa shape index (κ2) is 4.10. The molecular weight excluding hydrogens is 212 g/mol. The molecule has 0 bridgehead atoms. The van der Waals surface area contributed by atoms with Crippen LogP contribution in [0.2, 0.25) is 0 Å². The highest BCUT2D eigenvalue weighted by Crippen LogP contribution is 2.21.